The second-order valence-electron chi connectivity index (χ2n) is 5.47. The highest BCUT2D eigenvalue weighted by Crippen LogP contribution is 2.22. The quantitative estimate of drug-likeness (QED) is 0.543. The number of benzene rings is 2. The van der Waals surface area contributed by atoms with E-state index >= 15 is 0 Å². The number of anilines is 1. The van der Waals surface area contributed by atoms with Gasteiger partial charge in [0.25, 0.3) is 5.91 Å². The molecule has 0 saturated heterocycles. The molecule has 0 heterocycles. The average molecular weight is 380 g/mol. The number of hydrogen-bond acceptors (Lipinski definition) is 4. The summed E-state index contributed by atoms with van der Waals surface area (Å²) in [6, 6.07) is 9.96. The van der Waals surface area contributed by atoms with Crippen LogP contribution >= 0.6 is 11.6 Å². The summed E-state index contributed by atoms with van der Waals surface area (Å²) >= 11 is 5.84. The summed E-state index contributed by atoms with van der Waals surface area (Å²) in [6.07, 6.45) is 1.77. The molecule has 0 fully saturated rings. The van der Waals surface area contributed by atoms with Crippen LogP contribution in [0.2, 0.25) is 5.02 Å². The fourth-order valence-corrected chi connectivity index (χ4v) is 2.22. The van der Waals surface area contributed by atoms with Crippen LogP contribution in [0.1, 0.15) is 30.1 Å². The van der Waals surface area contributed by atoms with Gasteiger partial charge in [0.15, 0.2) is 6.61 Å². The zero-order valence-electron chi connectivity index (χ0n) is 14.3. The molecule has 0 spiro atoms. The Morgan fingerprint density at radius 3 is 2.54 bits per heavy atom. The maximum Gasteiger partial charge on any atom is 0.338 e. The number of hydrogen-bond donors (Lipinski definition) is 1. The SMILES string of the molecule is CCCCOC(=O)c1ccc(OCC(=O)Nc2ccc(F)cc2Cl)cc1. The third-order valence-corrected chi connectivity index (χ3v) is 3.71. The first kappa shape index (κ1) is 19.7. The summed E-state index contributed by atoms with van der Waals surface area (Å²) in [4.78, 5) is 23.7. The molecular formula is C19H19ClFNO4. The van der Waals surface area contributed by atoms with Crippen molar-refractivity contribution in [3.63, 3.8) is 0 Å². The van der Waals surface area contributed by atoms with Gasteiger partial charge in [-0.3, -0.25) is 4.79 Å². The molecule has 1 amide bonds. The van der Waals surface area contributed by atoms with E-state index in [-0.39, 0.29) is 11.6 Å². The lowest BCUT2D eigenvalue weighted by Gasteiger charge is -2.09. The van der Waals surface area contributed by atoms with E-state index in [0.717, 1.165) is 18.9 Å². The monoisotopic (exact) mass is 379 g/mol. The molecule has 0 radical (unpaired) electrons. The van der Waals surface area contributed by atoms with E-state index in [0.29, 0.717) is 23.6 Å². The number of ether oxygens (including phenoxy) is 2. The molecule has 0 aromatic heterocycles. The van der Waals surface area contributed by atoms with Crippen molar-refractivity contribution in [1.82, 2.24) is 0 Å². The van der Waals surface area contributed by atoms with Crippen LogP contribution in [0.3, 0.4) is 0 Å². The summed E-state index contributed by atoms with van der Waals surface area (Å²) in [6.45, 7) is 2.15. The minimum Gasteiger partial charge on any atom is -0.484 e. The van der Waals surface area contributed by atoms with Crippen LogP contribution in [0, 0.1) is 5.82 Å². The molecule has 26 heavy (non-hydrogen) atoms. The van der Waals surface area contributed by atoms with E-state index < -0.39 is 17.7 Å². The van der Waals surface area contributed by atoms with Crippen molar-refractivity contribution in [2.24, 2.45) is 0 Å². The Balaban J connectivity index is 1.83. The summed E-state index contributed by atoms with van der Waals surface area (Å²) in [7, 11) is 0. The Kier molecular flexibility index (Phi) is 7.41. The van der Waals surface area contributed by atoms with Crippen molar-refractivity contribution < 1.29 is 23.5 Å². The minimum absolute atomic E-state index is 0.101. The lowest BCUT2D eigenvalue weighted by atomic mass is 10.2. The van der Waals surface area contributed by atoms with E-state index in [4.69, 9.17) is 21.1 Å². The minimum atomic E-state index is -0.488. The Bertz CT molecular complexity index is 765. The number of amides is 1. The smallest absolute Gasteiger partial charge is 0.338 e. The molecule has 2 rings (SSSR count). The van der Waals surface area contributed by atoms with Crippen LogP contribution < -0.4 is 10.1 Å². The van der Waals surface area contributed by atoms with Crippen molar-refractivity contribution in [1.29, 1.82) is 0 Å². The number of nitrogens with one attached hydrogen (secondary N) is 1. The summed E-state index contributed by atoms with van der Waals surface area (Å²) in [5.41, 5.74) is 0.711. The van der Waals surface area contributed by atoms with Crippen LogP contribution in [0.25, 0.3) is 0 Å². The zero-order chi connectivity index (χ0) is 18.9. The van der Waals surface area contributed by atoms with Crippen LogP contribution in [0.5, 0.6) is 5.75 Å². The lowest BCUT2D eigenvalue weighted by molar-refractivity contribution is -0.118. The molecular weight excluding hydrogens is 361 g/mol. The normalized spacial score (nSPS) is 10.3. The summed E-state index contributed by atoms with van der Waals surface area (Å²) in [5, 5.41) is 2.63. The highest BCUT2D eigenvalue weighted by Gasteiger charge is 2.09. The van der Waals surface area contributed by atoms with Gasteiger partial charge >= 0.3 is 5.97 Å². The van der Waals surface area contributed by atoms with Crippen LogP contribution in [0.15, 0.2) is 42.5 Å². The lowest BCUT2D eigenvalue weighted by Crippen LogP contribution is -2.20. The predicted molar refractivity (Wildman–Crippen MR) is 97.2 cm³/mol. The van der Waals surface area contributed by atoms with Crippen LogP contribution in [-0.2, 0) is 9.53 Å². The first-order valence-electron chi connectivity index (χ1n) is 8.14. The first-order valence-corrected chi connectivity index (χ1v) is 8.52. The van der Waals surface area contributed by atoms with Gasteiger partial charge in [0.1, 0.15) is 11.6 Å². The third-order valence-electron chi connectivity index (χ3n) is 3.40. The molecule has 0 aliphatic carbocycles. The first-order chi connectivity index (χ1) is 12.5. The van der Waals surface area contributed by atoms with Crippen LogP contribution in [-0.4, -0.2) is 25.1 Å². The molecule has 2 aromatic rings. The van der Waals surface area contributed by atoms with Gasteiger partial charge in [-0.2, -0.15) is 0 Å². The van der Waals surface area contributed by atoms with Crippen molar-refractivity contribution >= 4 is 29.2 Å². The molecule has 0 aliphatic heterocycles. The second-order valence-corrected chi connectivity index (χ2v) is 5.88. The van der Waals surface area contributed by atoms with Crippen molar-refractivity contribution in [2.45, 2.75) is 19.8 Å². The Morgan fingerprint density at radius 1 is 1.15 bits per heavy atom. The van der Waals surface area contributed by atoms with Crippen molar-refractivity contribution in [3.8, 4) is 5.75 Å². The molecule has 0 unspecified atom stereocenters. The largest absolute Gasteiger partial charge is 0.484 e. The topological polar surface area (TPSA) is 64.6 Å². The molecule has 1 N–H and O–H groups in total. The molecule has 0 saturated carbocycles. The highest BCUT2D eigenvalue weighted by atomic mass is 35.5. The number of rotatable bonds is 8. The number of esters is 1. The maximum atomic E-state index is 13.0. The second kappa shape index (κ2) is 9.77. The Hall–Kier alpha value is -2.60. The van der Waals surface area contributed by atoms with E-state index in [1.165, 1.54) is 12.1 Å². The van der Waals surface area contributed by atoms with Gasteiger partial charge in [-0.1, -0.05) is 24.9 Å². The predicted octanol–water partition coefficient (Wildman–Crippen LogP) is 4.45. The Morgan fingerprint density at radius 2 is 1.88 bits per heavy atom. The highest BCUT2D eigenvalue weighted by molar-refractivity contribution is 6.33. The van der Waals surface area contributed by atoms with Gasteiger partial charge < -0.3 is 14.8 Å². The van der Waals surface area contributed by atoms with Crippen LogP contribution in [0.4, 0.5) is 10.1 Å². The molecule has 138 valence electrons. The summed E-state index contributed by atoms with van der Waals surface area (Å²) in [5.74, 6) is -0.900. The summed E-state index contributed by atoms with van der Waals surface area (Å²) < 4.78 is 23.4. The molecule has 2 aromatic carbocycles. The molecule has 0 bridgehead atoms. The third kappa shape index (κ3) is 6.04. The fraction of sp³-hybridized carbons (Fsp3) is 0.263. The number of halogens is 2. The van der Waals surface area contributed by atoms with Gasteiger partial charge in [0, 0.05) is 0 Å². The zero-order valence-corrected chi connectivity index (χ0v) is 15.0. The van der Waals surface area contributed by atoms with E-state index in [2.05, 4.69) is 5.32 Å². The van der Waals surface area contributed by atoms with Gasteiger partial charge in [-0.15, -0.1) is 0 Å². The van der Waals surface area contributed by atoms with Gasteiger partial charge in [-0.05, 0) is 48.9 Å². The van der Waals surface area contributed by atoms with E-state index in [1.807, 2.05) is 6.92 Å². The van der Waals surface area contributed by atoms with Crippen molar-refractivity contribution in [2.75, 3.05) is 18.5 Å². The molecule has 5 nitrogen and oxygen atoms in total. The standard InChI is InChI=1S/C19H19ClFNO4/c1-2-3-10-25-19(24)13-4-7-15(8-5-13)26-12-18(23)22-17-9-6-14(21)11-16(17)20/h4-9,11H,2-3,10,12H2,1H3,(H,22,23). The number of unbranched alkanes of at least 4 members (excludes halogenated alkanes) is 1. The van der Waals surface area contributed by atoms with E-state index in [1.54, 1.807) is 24.3 Å². The Labute approximate surface area is 156 Å². The maximum absolute atomic E-state index is 13.0. The average Bonchev–Trinajstić information content (AvgIpc) is 2.63. The van der Waals surface area contributed by atoms with Gasteiger partial charge in [-0.25, -0.2) is 9.18 Å². The van der Waals surface area contributed by atoms with Gasteiger partial charge in [0.2, 0.25) is 0 Å². The molecule has 7 heteroatoms. The van der Waals surface area contributed by atoms with E-state index in [9.17, 15) is 14.0 Å². The number of carbonyl (C=O) groups excluding carboxylic acids is 2. The van der Waals surface area contributed by atoms with Gasteiger partial charge in [0.05, 0.1) is 22.9 Å². The van der Waals surface area contributed by atoms with Crippen molar-refractivity contribution in [3.05, 3.63) is 58.9 Å². The molecule has 0 aliphatic rings. The fourth-order valence-electron chi connectivity index (χ4n) is 2.01. The number of carbonyl (C=O) groups is 2. The molecule has 0 atom stereocenters.